The van der Waals surface area contributed by atoms with Gasteiger partial charge in [-0.1, -0.05) is 23.7 Å². The number of rotatable bonds is 4. The van der Waals surface area contributed by atoms with E-state index >= 15 is 0 Å². The van der Waals surface area contributed by atoms with Crippen LogP contribution < -0.4 is 0 Å². The van der Waals surface area contributed by atoms with Crippen molar-refractivity contribution in [3.63, 3.8) is 0 Å². The molecular formula is C12H18ClNO. The summed E-state index contributed by atoms with van der Waals surface area (Å²) in [6, 6.07) is 7.94. The minimum absolute atomic E-state index is 0.153. The fraction of sp³-hybridized carbons (Fsp3) is 0.500. The summed E-state index contributed by atoms with van der Waals surface area (Å²) in [4.78, 5) is 2.12. The van der Waals surface area contributed by atoms with Crippen LogP contribution in [0.15, 0.2) is 24.3 Å². The van der Waals surface area contributed by atoms with Crippen molar-refractivity contribution in [2.45, 2.75) is 32.5 Å². The molecule has 0 fully saturated rings. The van der Waals surface area contributed by atoms with Gasteiger partial charge in [0, 0.05) is 17.6 Å². The van der Waals surface area contributed by atoms with Crippen LogP contribution in [-0.2, 0) is 6.54 Å². The van der Waals surface area contributed by atoms with E-state index in [-0.39, 0.29) is 12.1 Å². The van der Waals surface area contributed by atoms with Gasteiger partial charge >= 0.3 is 0 Å². The number of aliphatic hydroxyl groups excluding tert-OH is 1. The third-order valence-corrected chi connectivity index (χ3v) is 2.99. The third-order valence-electron chi connectivity index (χ3n) is 2.74. The minimum Gasteiger partial charge on any atom is -0.392 e. The zero-order valence-electron chi connectivity index (χ0n) is 9.44. The van der Waals surface area contributed by atoms with Crippen molar-refractivity contribution in [3.05, 3.63) is 34.9 Å². The van der Waals surface area contributed by atoms with Crippen LogP contribution >= 0.6 is 11.6 Å². The maximum Gasteiger partial charge on any atom is 0.0664 e. The van der Waals surface area contributed by atoms with Gasteiger partial charge in [0.2, 0.25) is 0 Å². The lowest BCUT2D eigenvalue weighted by Gasteiger charge is -2.26. The average molecular weight is 228 g/mol. The Hall–Kier alpha value is -0.570. The highest BCUT2D eigenvalue weighted by atomic mass is 35.5. The lowest BCUT2D eigenvalue weighted by Crippen LogP contribution is -2.36. The van der Waals surface area contributed by atoms with E-state index < -0.39 is 0 Å². The maximum atomic E-state index is 9.45. The van der Waals surface area contributed by atoms with E-state index in [1.807, 2.05) is 45.2 Å². The third kappa shape index (κ3) is 3.82. The molecule has 0 aliphatic heterocycles. The Balaban J connectivity index is 2.58. The number of hydrogen-bond acceptors (Lipinski definition) is 2. The smallest absolute Gasteiger partial charge is 0.0664 e. The predicted octanol–water partition coefficient (Wildman–Crippen LogP) is 2.54. The number of nitrogens with zero attached hydrogens (tertiary/aromatic N) is 1. The fourth-order valence-corrected chi connectivity index (χ4v) is 1.52. The van der Waals surface area contributed by atoms with Gasteiger partial charge in [-0.3, -0.25) is 4.90 Å². The van der Waals surface area contributed by atoms with Gasteiger partial charge in [0.15, 0.2) is 0 Å². The van der Waals surface area contributed by atoms with E-state index in [1.54, 1.807) is 0 Å². The zero-order valence-corrected chi connectivity index (χ0v) is 10.2. The summed E-state index contributed by atoms with van der Waals surface area (Å²) >= 11 is 5.81. The quantitative estimate of drug-likeness (QED) is 0.855. The molecular weight excluding hydrogens is 210 g/mol. The van der Waals surface area contributed by atoms with Gasteiger partial charge in [0.1, 0.15) is 0 Å². The summed E-state index contributed by atoms with van der Waals surface area (Å²) in [6.07, 6.45) is -0.317. The molecule has 2 atom stereocenters. The van der Waals surface area contributed by atoms with Gasteiger partial charge in [-0.25, -0.2) is 0 Å². The number of likely N-dealkylation sites (N-methyl/N-ethyl adjacent to an activating group) is 1. The highest BCUT2D eigenvalue weighted by Gasteiger charge is 2.14. The van der Waals surface area contributed by atoms with E-state index in [1.165, 1.54) is 5.56 Å². The number of benzene rings is 1. The largest absolute Gasteiger partial charge is 0.392 e. The second kappa shape index (κ2) is 5.50. The van der Waals surface area contributed by atoms with Crippen LogP contribution in [0.25, 0.3) is 0 Å². The Morgan fingerprint density at radius 2 is 1.80 bits per heavy atom. The van der Waals surface area contributed by atoms with Crippen LogP contribution in [0.1, 0.15) is 19.4 Å². The highest BCUT2D eigenvalue weighted by Crippen LogP contribution is 2.12. The molecule has 84 valence electrons. The molecule has 0 heterocycles. The highest BCUT2D eigenvalue weighted by molar-refractivity contribution is 6.30. The Kier molecular flexibility index (Phi) is 4.58. The molecule has 0 bridgehead atoms. The lowest BCUT2D eigenvalue weighted by atomic mass is 10.1. The van der Waals surface area contributed by atoms with Crippen LogP contribution in [0.3, 0.4) is 0 Å². The Morgan fingerprint density at radius 1 is 1.27 bits per heavy atom. The van der Waals surface area contributed by atoms with Crippen molar-refractivity contribution in [3.8, 4) is 0 Å². The summed E-state index contributed by atoms with van der Waals surface area (Å²) in [6.45, 7) is 4.65. The number of aliphatic hydroxyl groups is 1. The van der Waals surface area contributed by atoms with Crippen molar-refractivity contribution in [1.82, 2.24) is 4.90 Å². The Morgan fingerprint density at radius 3 is 2.27 bits per heavy atom. The van der Waals surface area contributed by atoms with Crippen molar-refractivity contribution >= 4 is 11.6 Å². The minimum atomic E-state index is -0.317. The fourth-order valence-electron chi connectivity index (χ4n) is 1.39. The lowest BCUT2D eigenvalue weighted by molar-refractivity contribution is 0.0828. The summed E-state index contributed by atoms with van der Waals surface area (Å²) in [5.74, 6) is 0. The van der Waals surface area contributed by atoms with Crippen molar-refractivity contribution in [2.24, 2.45) is 0 Å². The molecule has 0 aliphatic carbocycles. The Bertz CT molecular complexity index is 297. The molecule has 1 aromatic carbocycles. The summed E-state index contributed by atoms with van der Waals surface area (Å²) in [5, 5.41) is 10.2. The van der Waals surface area contributed by atoms with Crippen LogP contribution in [0.2, 0.25) is 5.02 Å². The maximum absolute atomic E-state index is 9.45. The van der Waals surface area contributed by atoms with Crippen LogP contribution in [0.4, 0.5) is 0 Å². The van der Waals surface area contributed by atoms with Crippen molar-refractivity contribution in [2.75, 3.05) is 7.05 Å². The molecule has 0 amide bonds. The summed E-state index contributed by atoms with van der Waals surface area (Å²) < 4.78 is 0. The molecule has 0 aromatic heterocycles. The van der Waals surface area contributed by atoms with E-state index in [9.17, 15) is 5.11 Å². The van der Waals surface area contributed by atoms with E-state index in [2.05, 4.69) is 4.90 Å². The van der Waals surface area contributed by atoms with Gasteiger partial charge in [-0.2, -0.15) is 0 Å². The molecule has 0 radical (unpaired) electrons. The van der Waals surface area contributed by atoms with E-state index in [0.29, 0.717) is 0 Å². The first kappa shape index (κ1) is 12.5. The second-order valence-electron chi connectivity index (χ2n) is 4.02. The summed E-state index contributed by atoms with van der Waals surface area (Å²) in [5.41, 5.74) is 1.20. The first-order valence-corrected chi connectivity index (χ1v) is 5.51. The first-order valence-electron chi connectivity index (χ1n) is 5.13. The zero-order chi connectivity index (χ0) is 11.4. The molecule has 1 aromatic rings. The molecule has 0 saturated heterocycles. The number of halogens is 1. The van der Waals surface area contributed by atoms with Gasteiger partial charge < -0.3 is 5.11 Å². The van der Waals surface area contributed by atoms with Crippen molar-refractivity contribution in [1.29, 1.82) is 0 Å². The van der Waals surface area contributed by atoms with Gasteiger partial charge in [-0.05, 0) is 38.6 Å². The molecule has 1 rings (SSSR count). The molecule has 0 saturated carbocycles. The molecule has 3 heteroatoms. The summed E-state index contributed by atoms with van der Waals surface area (Å²) in [7, 11) is 2.01. The van der Waals surface area contributed by atoms with Crippen LogP contribution in [-0.4, -0.2) is 29.2 Å². The average Bonchev–Trinajstić information content (AvgIpc) is 2.20. The topological polar surface area (TPSA) is 23.5 Å². The van der Waals surface area contributed by atoms with E-state index in [4.69, 9.17) is 11.6 Å². The molecule has 0 aliphatic rings. The van der Waals surface area contributed by atoms with Crippen LogP contribution in [0.5, 0.6) is 0 Å². The predicted molar refractivity (Wildman–Crippen MR) is 64.1 cm³/mol. The van der Waals surface area contributed by atoms with Crippen molar-refractivity contribution < 1.29 is 5.11 Å². The Labute approximate surface area is 96.5 Å². The first-order chi connectivity index (χ1) is 7.00. The normalized spacial score (nSPS) is 15.3. The molecule has 1 N–H and O–H groups in total. The van der Waals surface area contributed by atoms with Gasteiger partial charge in [0.25, 0.3) is 0 Å². The molecule has 2 unspecified atom stereocenters. The van der Waals surface area contributed by atoms with Gasteiger partial charge in [0.05, 0.1) is 6.10 Å². The monoisotopic (exact) mass is 227 g/mol. The molecule has 15 heavy (non-hydrogen) atoms. The molecule has 0 spiro atoms. The SMILES string of the molecule is CC(O)C(C)N(C)Cc1ccc(Cl)cc1. The van der Waals surface area contributed by atoms with E-state index in [0.717, 1.165) is 11.6 Å². The van der Waals surface area contributed by atoms with Gasteiger partial charge in [-0.15, -0.1) is 0 Å². The molecule has 2 nitrogen and oxygen atoms in total. The van der Waals surface area contributed by atoms with Crippen LogP contribution in [0, 0.1) is 0 Å². The standard InChI is InChI=1S/C12H18ClNO/c1-9(10(2)15)14(3)8-11-4-6-12(13)7-5-11/h4-7,9-10,15H,8H2,1-3H3. The number of hydrogen-bond donors (Lipinski definition) is 1. The second-order valence-corrected chi connectivity index (χ2v) is 4.46.